The Morgan fingerprint density at radius 1 is 1.60 bits per heavy atom. The fourth-order valence-corrected chi connectivity index (χ4v) is 2.32. The zero-order chi connectivity index (χ0) is 14.5. The molecule has 1 aliphatic heterocycles. The van der Waals surface area contributed by atoms with Gasteiger partial charge < -0.3 is 15.4 Å². The first kappa shape index (κ1) is 15.0. The van der Waals surface area contributed by atoms with E-state index < -0.39 is 0 Å². The number of ether oxygens (including phenoxy) is 1. The normalized spacial score (nSPS) is 18.6. The minimum absolute atomic E-state index is 0.209. The van der Waals surface area contributed by atoms with Gasteiger partial charge in [-0.25, -0.2) is 9.18 Å². The Hall–Kier alpha value is -1.43. The average Bonchev–Trinajstić information content (AvgIpc) is 2.46. The van der Waals surface area contributed by atoms with Crippen molar-refractivity contribution in [1.29, 1.82) is 0 Å². The third kappa shape index (κ3) is 3.56. The molecule has 110 valence electrons. The summed E-state index contributed by atoms with van der Waals surface area (Å²) in [5, 5.41) is 6.06. The lowest BCUT2D eigenvalue weighted by Crippen LogP contribution is -2.41. The van der Waals surface area contributed by atoms with Crippen molar-refractivity contribution in [2.45, 2.75) is 24.6 Å². The second-order valence-corrected chi connectivity index (χ2v) is 6.02. The van der Waals surface area contributed by atoms with E-state index in [4.69, 9.17) is 4.74 Å². The quantitative estimate of drug-likeness (QED) is 0.898. The maximum Gasteiger partial charge on any atom is 0.315 e. The molecule has 0 aromatic heterocycles. The van der Waals surface area contributed by atoms with Crippen molar-refractivity contribution in [3.05, 3.63) is 29.6 Å². The van der Waals surface area contributed by atoms with Crippen LogP contribution in [0.4, 0.5) is 9.18 Å². The van der Waals surface area contributed by atoms with E-state index in [0.717, 1.165) is 0 Å². The molecule has 1 heterocycles. The Morgan fingerprint density at radius 2 is 2.40 bits per heavy atom. The van der Waals surface area contributed by atoms with Crippen molar-refractivity contribution >= 4 is 17.8 Å². The summed E-state index contributed by atoms with van der Waals surface area (Å²) in [4.78, 5) is 11.9. The van der Waals surface area contributed by atoms with Gasteiger partial charge in [0.25, 0.3) is 0 Å². The standard InChI is InChI=1S/C14H19FN2O2S/c1-9(20-2)8-16-14(18)17-12-6-7-19-13-10(12)4-3-5-11(13)15/h3-5,9,12H,6-8H2,1-2H3,(H2,16,17,18)/t9-,12-/m0/s1. The number of amides is 2. The Balaban J connectivity index is 1.98. The summed E-state index contributed by atoms with van der Waals surface area (Å²) >= 11 is 1.69. The van der Waals surface area contributed by atoms with E-state index in [2.05, 4.69) is 10.6 Å². The summed E-state index contributed by atoms with van der Waals surface area (Å²) in [5.41, 5.74) is 0.698. The molecule has 0 fully saturated rings. The lowest BCUT2D eigenvalue weighted by atomic mass is 10.0. The zero-order valence-electron chi connectivity index (χ0n) is 11.6. The molecule has 2 rings (SSSR count). The Labute approximate surface area is 122 Å². The van der Waals surface area contributed by atoms with E-state index in [-0.39, 0.29) is 23.6 Å². The fraction of sp³-hybridized carbons (Fsp3) is 0.500. The molecule has 0 aliphatic carbocycles. The van der Waals surface area contributed by atoms with Gasteiger partial charge >= 0.3 is 6.03 Å². The van der Waals surface area contributed by atoms with E-state index in [1.807, 2.05) is 13.2 Å². The van der Waals surface area contributed by atoms with Gasteiger partial charge in [0.15, 0.2) is 11.6 Å². The lowest BCUT2D eigenvalue weighted by Gasteiger charge is -2.27. The number of benzene rings is 1. The first-order valence-electron chi connectivity index (χ1n) is 6.60. The monoisotopic (exact) mass is 298 g/mol. The highest BCUT2D eigenvalue weighted by Gasteiger charge is 2.25. The van der Waals surface area contributed by atoms with E-state index >= 15 is 0 Å². The van der Waals surface area contributed by atoms with Gasteiger partial charge in [0.1, 0.15) is 0 Å². The first-order chi connectivity index (χ1) is 9.61. The molecule has 1 aliphatic rings. The summed E-state index contributed by atoms with van der Waals surface area (Å²) in [6, 6.07) is 4.34. The highest BCUT2D eigenvalue weighted by atomic mass is 32.2. The summed E-state index contributed by atoms with van der Waals surface area (Å²) < 4.78 is 19.0. The molecule has 20 heavy (non-hydrogen) atoms. The van der Waals surface area contributed by atoms with Gasteiger partial charge in [0, 0.05) is 23.8 Å². The third-order valence-electron chi connectivity index (χ3n) is 3.28. The Bertz CT molecular complexity index is 484. The van der Waals surface area contributed by atoms with Crippen LogP contribution in [0.5, 0.6) is 5.75 Å². The number of thioether (sulfide) groups is 1. The van der Waals surface area contributed by atoms with E-state index in [1.54, 1.807) is 23.9 Å². The predicted octanol–water partition coefficient (Wildman–Crippen LogP) is 2.70. The number of nitrogens with one attached hydrogen (secondary N) is 2. The molecular formula is C14H19FN2O2S. The highest BCUT2D eigenvalue weighted by molar-refractivity contribution is 7.99. The summed E-state index contributed by atoms with van der Waals surface area (Å²) in [6.45, 7) is 3.05. The summed E-state index contributed by atoms with van der Waals surface area (Å²) in [5.74, 6) is -0.132. The molecule has 2 atom stereocenters. The number of hydrogen-bond acceptors (Lipinski definition) is 3. The molecule has 0 saturated carbocycles. The van der Waals surface area contributed by atoms with Crippen LogP contribution in [-0.4, -0.2) is 30.7 Å². The minimum atomic E-state index is -0.384. The van der Waals surface area contributed by atoms with Gasteiger partial charge in [-0.2, -0.15) is 11.8 Å². The Morgan fingerprint density at radius 3 is 3.15 bits per heavy atom. The SMILES string of the molecule is CS[C@@H](C)CNC(=O)N[C@H]1CCOc2c(F)cccc21. The van der Waals surface area contributed by atoms with Crippen molar-refractivity contribution in [3.63, 3.8) is 0 Å². The highest BCUT2D eigenvalue weighted by Crippen LogP contribution is 2.33. The zero-order valence-corrected chi connectivity index (χ0v) is 12.4. The maximum atomic E-state index is 13.6. The van der Waals surface area contributed by atoms with E-state index in [9.17, 15) is 9.18 Å². The molecule has 0 saturated heterocycles. The number of rotatable bonds is 4. The molecular weight excluding hydrogens is 279 g/mol. The van der Waals surface area contributed by atoms with Crippen molar-refractivity contribution in [2.75, 3.05) is 19.4 Å². The third-order valence-corrected chi connectivity index (χ3v) is 4.25. The van der Waals surface area contributed by atoms with Gasteiger partial charge in [-0.15, -0.1) is 0 Å². The number of fused-ring (bicyclic) bond motifs is 1. The molecule has 0 spiro atoms. The van der Waals surface area contributed by atoms with Gasteiger partial charge in [-0.1, -0.05) is 19.1 Å². The first-order valence-corrected chi connectivity index (χ1v) is 7.89. The van der Waals surface area contributed by atoms with Crippen LogP contribution in [0.3, 0.4) is 0 Å². The molecule has 2 N–H and O–H groups in total. The van der Waals surface area contributed by atoms with Crippen molar-refractivity contribution in [1.82, 2.24) is 10.6 Å². The maximum absolute atomic E-state index is 13.6. The van der Waals surface area contributed by atoms with Gasteiger partial charge in [0.2, 0.25) is 0 Å². The topological polar surface area (TPSA) is 50.4 Å². The summed E-state index contributed by atoms with van der Waals surface area (Å²) in [6.07, 6.45) is 2.64. The van der Waals surface area contributed by atoms with Crippen LogP contribution >= 0.6 is 11.8 Å². The number of halogens is 1. The van der Waals surface area contributed by atoms with Crippen LogP contribution in [0.25, 0.3) is 0 Å². The van der Waals surface area contributed by atoms with Crippen LogP contribution in [0.1, 0.15) is 24.9 Å². The Kier molecular flexibility index (Phi) is 5.11. The molecule has 2 amide bonds. The molecule has 1 aromatic carbocycles. The van der Waals surface area contributed by atoms with Crippen molar-refractivity contribution in [2.24, 2.45) is 0 Å². The number of hydrogen-bond donors (Lipinski definition) is 2. The molecule has 6 heteroatoms. The summed E-state index contributed by atoms with van der Waals surface area (Å²) in [7, 11) is 0. The van der Waals surface area contributed by atoms with Gasteiger partial charge in [-0.05, 0) is 12.3 Å². The lowest BCUT2D eigenvalue weighted by molar-refractivity contribution is 0.220. The minimum Gasteiger partial charge on any atom is -0.490 e. The smallest absolute Gasteiger partial charge is 0.315 e. The predicted molar refractivity (Wildman–Crippen MR) is 78.8 cm³/mol. The fourth-order valence-electron chi connectivity index (χ4n) is 2.07. The molecule has 0 bridgehead atoms. The van der Waals surface area contributed by atoms with E-state index in [1.165, 1.54) is 6.07 Å². The number of urea groups is 1. The molecule has 0 unspecified atom stereocenters. The van der Waals surface area contributed by atoms with Crippen LogP contribution in [0, 0.1) is 5.82 Å². The van der Waals surface area contributed by atoms with Crippen molar-refractivity contribution < 1.29 is 13.9 Å². The molecule has 0 radical (unpaired) electrons. The number of para-hydroxylation sites is 1. The molecule has 1 aromatic rings. The number of carbonyl (C=O) groups excluding carboxylic acids is 1. The molecule has 4 nitrogen and oxygen atoms in total. The van der Waals surface area contributed by atoms with Crippen LogP contribution in [0.15, 0.2) is 18.2 Å². The van der Waals surface area contributed by atoms with Crippen LogP contribution in [-0.2, 0) is 0 Å². The van der Waals surface area contributed by atoms with Crippen LogP contribution in [0.2, 0.25) is 0 Å². The van der Waals surface area contributed by atoms with E-state index in [0.29, 0.717) is 30.4 Å². The van der Waals surface area contributed by atoms with Gasteiger partial charge in [-0.3, -0.25) is 0 Å². The van der Waals surface area contributed by atoms with Crippen LogP contribution < -0.4 is 15.4 Å². The van der Waals surface area contributed by atoms with Crippen molar-refractivity contribution in [3.8, 4) is 5.75 Å². The second kappa shape index (κ2) is 6.83. The second-order valence-electron chi connectivity index (χ2n) is 4.75. The average molecular weight is 298 g/mol. The van der Waals surface area contributed by atoms with Gasteiger partial charge in [0.05, 0.1) is 12.6 Å². The number of carbonyl (C=O) groups is 1. The largest absolute Gasteiger partial charge is 0.490 e.